The molecule has 15 heavy (non-hydrogen) atoms. The van der Waals surface area contributed by atoms with Crippen LogP contribution in [0.25, 0.3) is 0 Å². The first-order valence-corrected chi connectivity index (χ1v) is 5.66. The minimum Gasteiger partial charge on any atom is -0.489 e. The third-order valence-corrected chi connectivity index (χ3v) is 3.71. The molecule has 0 saturated carbocycles. The van der Waals surface area contributed by atoms with Crippen molar-refractivity contribution in [1.82, 2.24) is 0 Å². The van der Waals surface area contributed by atoms with Crippen LogP contribution in [0.5, 0.6) is 5.75 Å². The first kappa shape index (κ1) is 9.02. The third-order valence-electron chi connectivity index (χ3n) is 3.71. The average Bonchev–Trinajstić information content (AvgIpc) is 2.51. The van der Waals surface area contributed by atoms with Crippen molar-refractivity contribution in [3.63, 3.8) is 0 Å². The number of hydrogen-bond donors (Lipinski definition) is 0. The van der Waals surface area contributed by atoms with Gasteiger partial charge in [0, 0.05) is 5.56 Å². The third kappa shape index (κ3) is 1.16. The highest BCUT2D eigenvalue weighted by Crippen LogP contribution is 2.47. The van der Waals surface area contributed by atoms with Crippen LogP contribution in [-0.4, -0.2) is 6.10 Å². The van der Waals surface area contributed by atoms with Crippen molar-refractivity contribution in [3.05, 3.63) is 41.5 Å². The Bertz CT molecular complexity index is 433. The van der Waals surface area contributed by atoms with Crippen LogP contribution in [0.1, 0.15) is 30.9 Å². The van der Waals surface area contributed by atoms with E-state index in [2.05, 4.69) is 44.2 Å². The molecule has 0 unspecified atom stereocenters. The number of benzene rings is 1. The molecule has 1 aromatic rings. The Kier molecular flexibility index (Phi) is 1.73. The van der Waals surface area contributed by atoms with Gasteiger partial charge in [0.1, 0.15) is 11.9 Å². The number of ether oxygens (including phenoxy) is 1. The van der Waals surface area contributed by atoms with E-state index in [9.17, 15) is 0 Å². The van der Waals surface area contributed by atoms with Gasteiger partial charge in [-0.15, -0.1) is 0 Å². The Morgan fingerprint density at radius 1 is 1.40 bits per heavy atom. The molecule has 1 heteroatoms. The standard InChI is InChI=1S/C14H16O/c1-10-6-7-12-11(9-10)14(2)8-4-3-5-13(14)15-12/h4,6-9,13H,3,5H2,1-2H3/t13-,14-/m1/s1. The molecule has 0 radical (unpaired) electrons. The fraction of sp³-hybridized carbons (Fsp3) is 0.429. The minimum atomic E-state index is 0.111. The quantitative estimate of drug-likeness (QED) is 0.583. The molecule has 3 rings (SSSR count). The van der Waals surface area contributed by atoms with Crippen molar-refractivity contribution < 1.29 is 4.74 Å². The van der Waals surface area contributed by atoms with E-state index in [1.165, 1.54) is 11.1 Å². The molecule has 0 saturated heterocycles. The largest absolute Gasteiger partial charge is 0.489 e. The van der Waals surface area contributed by atoms with Crippen molar-refractivity contribution in [2.45, 2.75) is 38.2 Å². The zero-order valence-corrected chi connectivity index (χ0v) is 9.29. The normalized spacial score (nSPS) is 32.0. The Hall–Kier alpha value is -1.24. The summed E-state index contributed by atoms with van der Waals surface area (Å²) in [6.45, 7) is 4.43. The van der Waals surface area contributed by atoms with Gasteiger partial charge in [-0.3, -0.25) is 0 Å². The van der Waals surface area contributed by atoms with Gasteiger partial charge in [0.15, 0.2) is 0 Å². The van der Waals surface area contributed by atoms with E-state index in [1.54, 1.807) is 0 Å². The van der Waals surface area contributed by atoms with Crippen molar-refractivity contribution >= 4 is 0 Å². The second-order valence-corrected chi connectivity index (χ2v) is 4.87. The van der Waals surface area contributed by atoms with E-state index in [4.69, 9.17) is 4.74 Å². The zero-order chi connectivity index (χ0) is 10.5. The Morgan fingerprint density at radius 2 is 2.27 bits per heavy atom. The minimum absolute atomic E-state index is 0.111. The number of rotatable bonds is 0. The second kappa shape index (κ2) is 2.88. The summed E-state index contributed by atoms with van der Waals surface area (Å²) in [4.78, 5) is 0. The summed E-state index contributed by atoms with van der Waals surface area (Å²) in [5.74, 6) is 1.08. The molecule has 1 nitrogen and oxygen atoms in total. The van der Waals surface area contributed by atoms with E-state index in [-0.39, 0.29) is 5.41 Å². The SMILES string of the molecule is Cc1ccc2c(c1)[C@@]1(C)C=CCC[C@H]1O2. The summed E-state index contributed by atoms with van der Waals surface area (Å²) < 4.78 is 6.02. The zero-order valence-electron chi connectivity index (χ0n) is 9.29. The Labute approximate surface area is 90.8 Å². The van der Waals surface area contributed by atoms with Crippen LogP contribution in [0, 0.1) is 6.92 Å². The van der Waals surface area contributed by atoms with Crippen LogP contribution in [0.2, 0.25) is 0 Å². The predicted octanol–water partition coefficient (Wildman–Crippen LogP) is 3.36. The molecule has 0 fully saturated rings. The van der Waals surface area contributed by atoms with Gasteiger partial charge in [-0.25, -0.2) is 0 Å². The molecule has 0 N–H and O–H groups in total. The highest BCUT2D eigenvalue weighted by molar-refractivity contribution is 5.50. The lowest BCUT2D eigenvalue weighted by molar-refractivity contribution is 0.164. The molecule has 2 aliphatic rings. The summed E-state index contributed by atoms with van der Waals surface area (Å²) in [5.41, 5.74) is 2.79. The fourth-order valence-corrected chi connectivity index (χ4v) is 2.75. The first-order valence-electron chi connectivity index (χ1n) is 5.66. The van der Waals surface area contributed by atoms with Gasteiger partial charge in [0.05, 0.1) is 5.41 Å². The van der Waals surface area contributed by atoms with Gasteiger partial charge < -0.3 is 4.74 Å². The summed E-state index contributed by atoms with van der Waals surface area (Å²) in [6, 6.07) is 6.51. The van der Waals surface area contributed by atoms with E-state index in [1.807, 2.05) is 0 Å². The maximum Gasteiger partial charge on any atom is 0.124 e. The molecule has 0 amide bonds. The molecule has 0 aromatic heterocycles. The van der Waals surface area contributed by atoms with Gasteiger partial charge in [-0.05, 0) is 32.8 Å². The van der Waals surface area contributed by atoms with Gasteiger partial charge in [0.2, 0.25) is 0 Å². The molecule has 78 valence electrons. The Balaban J connectivity index is 2.18. The molecule has 1 aliphatic heterocycles. The summed E-state index contributed by atoms with van der Waals surface area (Å²) in [6.07, 6.45) is 7.25. The molecule has 1 heterocycles. The molecular weight excluding hydrogens is 184 g/mol. The van der Waals surface area contributed by atoms with Gasteiger partial charge in [-0.1, -0.05) is 29.8 Å². The summed E-state index contributed by atoms with van der Waals surface area (Å²) in [7, 11) is 0. The molecule has 0 spiro atoms. The van der Waals surface area contributed by atoms with E-state index < -0.39 is 0 Å². The average molecular weight is 200 g/mol. The van der Waals surface area contributed by atoms with Gasteiger partial charge in [-0.2, -0.15) is 0 Å². The van der Waals surface area contributed by atoms with Crippen molar-refractivity contribution in [2.24, 2.45) is 0 Å². The Morgan fingerprint density at radius 3 is 3.13 bits per heavy atom. The second-order valence-electron chi connectivity index (χ2n) is 4.87. The number of allylic oxidation sites excluding steroid dienone is 1. The van der Waals surface area contributed by atoms with Crippen LogP contribution < -0.4 is 4.74 Å². The fourth-order valence-electron chi connectivity index (χ4n) is 2.75. The molecule has 2 atom stereocenters. The summed E-state index contributed by atoms with van der Waals surface area (Å²) >= 11 is 0. The van der Waals surface area contributed by atoms with Gasteiger partial charge in [0.25, 0.3) is 0 Å². The highest BCUT2D eigenvalue weighted by Gasteiger charge is 2.44. The molecule has 0 bridgehead atoms. The topological polar surface area (TPSA) is 9.23 Å². The summed E-state index contributed by atoms with van der Waals surface area (Å²) in [5, 5.41) is 0. The van der Waals surface area contributed by atoms with E-state index in [0.29, 0.717) is 6.10 Å². The smallest absolute Gasteiger partial charge is 0.124 e. The lowest BCUT2D eigenvalue weighted by atomic mass is 9.74. The first-order chi connectivity index (χ1) is 7.20. The van der Waals surface area contributed by atoms with Crippen molar-refractivity contribution in [1.29, 1.82) is 0 Å². The number of fused-ring (bicyclic) bond motifs is 3. The van der Waals surface area contributed by atoms with Gasteiger partial charge >= 0.3 is 0 Å². The number of aryl methyl sites for hydroxylation is 1. The van der Waals surface area contributed by atoms with E-state index >= 15 is 0 Å². The maximum absolute atomic E-state index is 6.02. The van der Waals surface area contributed by atoms with Crippen LogP contribution in [0.15, 0.2) is 30.4 Å². The van der Waals surface area contributed by atoms with Crippen LogP contribution in [-0.2, 0) is 5.41 Å². The monoisotopic (exact) mass is 200 g/mol. The van der Waals surface area contributed by atoms with Crippen LogP contribution in [0.4, 0.5) is 0 Å². The van der Waals surface area contributed by atoms with Crippen molar-refractivity contribution in [3.8, 4) is 5.75 Å². The van der Waals surface area contributed by atoms with E-state index in [0.717, 1.165) is 18.6 Å². The van der Waals surface area contributed by atoms with Crippen molar-refractivity contribution in [2.75, 3.05) is 0 Å². The molecule has 1 aromatic carbocycles. The lowest BCUT2D eigenvalue weighted by Gasteiger charge is -2.30. The van der Waals surface area contributed by atoms with Crippen LogP contribution >= 0.6 is 0 Å². The maximum atomic E-state index is 6.02. The molecular formula is C14H16O. The molecule has 1 aliphatic carbocycles. The lowest BCUT2D eigenvalue weighted by Crippen LogP contribution is -2.35. The number of hydrogen-bond acceptors (Lipinski definition) is 1. The predicted molar refractivity (Wildman–Crippen MR) is 61.3 cm³/mol. The highest BCUT2D eigenvalue weighted by atomic mass is 16.5. The van der Waals surface area contributed by atoms with Crippen LogP contribution in [0.3, 0.4) is 0 Å².